The van der Waals surface area contributed by atoms with Crippen LogP contribution in [-0.4, -0.2) is 48.1 Å². The molecule has 0 radical (unpaired) electrons. The molecular weight excluding hydrogens is 274 g/mol. The molecule has 0 aromatic rings. The molecule has 0 spiro atoms. The summed E-state index contributed by atoms with van der Waals surface area (Å²) in [4.78, 5) is 33.7. The monoisotopic (exact) mass is 297 g/mol. The number of carbonyl (C=O) groups excluding carboxylic acids is 2. The molecule has 4 N–H and O–H groups in total. The lowest BCUT2D eigenvalue weighted by Gasteiger charge is -2.39. The number of nitrogens with one attached hydrogen (secondary N) is 3. The summed E-state index contributed by atoms with van der Waals surface area (Å²) in [5.74, 6) is -1.09. The van der Waals surface area contributed by atoms with Gasteiger partial charge >= 0.3 is 5.97 Å². The second-order valence-electron chi connectivity index (χ2n) is 5.84. The normalized spacial score (nSPS) is 28.3. The first-order valence-corrected chi connectivity index (χ1v) is 7.58. The summed E-state index contributed by atoms with van der Waals surface area (Å²) in [6.45, 7) is -0.613. The van der Waals surface area contributed by atoms with Crippen LogP contribution in [0.5, 0.6) is 0 Å². The Kier molecular flexibility index (Phi) is 5.55. The average Bonchev–Trinajstić information content (AvgIpc) is 2.50. The maximum absolute atomic E-state index is 12.0. The molecule has 3 unspecified atom stereocenters. The fraction of sp³-hybridized carbons (Fsp3) is 0.786. The molecule has 118 valence electrons. The summed E-state index contributed by atoms with van der Waals surface area (Å²) >= 11 is 0. The molecule has 0 aromatic heterocycles. The Balaban J connectivity index is 1.71. The van der Waals surface area contributed by atoms with E-state index in [4.69, 9.17) is 5.11 Å². The molecule has 3 atom stereocenters. The molecule has 0 aromatic carbocycles. The lowest BCUT2D eigenvalue weighted by Crippen LogP contribution is -2.55. The third-order valence-electron chi connectivity index (χ3n) is 4.33. The first-order chi connectivity index (χ1) is 10.1. The average molecular weight is 297 g/mol. The number of hydrogen-bond donors (Lipinski definition) is 4. The van der Waals surface area contributed by atoms with Crippen LogP contribution in [0, 0.1) is 5.92 Å². The molecule has 1 aliphatic heterocycles. The van der Waals surface area contributed by atoms with Gasteiger partial charge in [-0.25, -0.2) is 0 Å². The van der Waals surface area contributed by atoms with E-state index in [1.54, 1.807) is 0 Å². The summed E-state index contributed by atoms with van der Waals surface area (Å²) in [6, 6.07) is 0.181. The smallest absolute Gasteiger partial charge is 0.322 e. The number of carboxylic acid groups (broad SMARTS) is 1. The highest BCUT2D eigenvalue weighted by molar-refractivity contribution is 5.88. The number of fused-ring (bicyclic) bond motifs is 1. The summed E-state index contributed by atoms with van der Waals surface area (Å²) < 4.78 is 0. The third-order valence-corrected chi connectivity index (χ3v) is 4.33. The largest absolute Gasteiger partial charge is 0.480 e. The van der Waals surface area contributed by atoms with Crippen LogP contribution in [0.25, 0.3) is 0 Å². The SMILES string of the molecule is O=C(O)CNC(=O)CNC(=O)C1CCC2CCCCC2N1. The topological polar surface area (TPSA) is 108 Å². The fourth-order valence-corrected chi connectivity index (χ4v) is 3.23. The highest BCUT2D eigenvalue weighted by Gasteiger charge is 2.34. The zero-order chi connectivity index (χ0) is 15.2. The van der Waals surface area contributed by atoms with Crippen molar-refractivity contribution in [3.63, 3.8) is 0 Å². The molecule has 21 heavy (non-hydrogen) atoms. The van der Waals surface area contributed by atoms with Gasteiger partial charge in [-0.2, -0.15) is 0 Å². The minimum Gasteiger partial charge on any atom is -0.480 e. The van der Waals surface area contributed by atoms with Crippen LogP contribution < -0.4 is 16.0 Å². The molecule has 7 nitrogen and oxygen atoms in total. The van der Waals surface area contributed by atoms with E-state index in [0.29, 0.717) is 12.0 Å². The fourth-order valence-electron chi connectivity index (χ4n) is 3.23. The van der Waals surface area contributed by atoms with Gasteiger partial charge < -0.3 is 21.1 Å². The Bertz CT molecular complexity index is 413. The van der Waals surface area contributed by atoms with Crippen LogP contribution in [0.4, 0.5) is 0 Å². The van der Waals surface area contributed by atoms with Crippen molar-refractivity contribution in [2.45, 2.75) is 50.6 Å². The van der Waals surface area contributed by atoms with Crippen molar-refractivity contribution in [2.75, 3.05) is 13.1 Å². The minimum absolute atomic E-state index is 0.176. The zero-order valence-electron chi connectivity index (χ0n) is 12.1. The van der Waals surface area contributed by atoms with Gasteiger partial charge in [-0.05, 0) is 31.6 Å². The molecule has 1 saturated heterocycles. The van der Waals surface area contributed by atoms with E-state index >= 15 is 0 Å². The number of piperidine rings is 1. The highest BCUT2D eigenvalue weighted by atomic mass is 16.4. The van der Waals surface area contributed by atoms with E-state index in [1.807, 2.05) is 0 Å². The molecule has 0 bridgehead atoms. The highest BCUT2D eigenvalue weighted by Crippen LogP contribution is 2.32. The van der Waals surface area contributed by atoms with E-state index < -0.39 is 18.4 Å². The second kappa shape index (κ2) is 7.40. The van der Waals surface area contributed by atoms with Gasteiger partial charge in [0.05, 0.1) is 12.6 Å². The quantitative estimate of drug-likeness (QED) is 0.553. The molecular formula is C14H23N3O4. The minimum atomic E-state index is -1.10. The number of aliphatic carboxylic acids is 1. The first-order valence-electron chi connectivity index (χ1n) is 7.58. The van der Waals surface area contributed by atoms with Gasteiger partial charge in [0.1, 0.15) is 6.54 Å². The van der Waals surface area contributed by atoms with Gasteiger partial charge in [-0.3, -0.25) is 14.4 Å². The van der Waals surface area contributed by atoms with Crippen LogP contribution in [0.3, 0.4) is 0 Å². The van der Waals surface area contributed by atoms with Crippen molar-refractivity contribution in [3.05, 3.63) is 0 Å². The van der Waals surface area contributed by atoms with Crippen molar-refractivity contribution in [3.8, 4) is 0 Å². The van der Waals surface area contributed by atoms with Crippen molar-refractivity contribution in [1.29, 1.82) is 0 Å². The van der Waals surface area contributed by atoms with E-state index in [0.717, 1.165) is 19.3 Å². The molecule has 2 amide bonds. The zero-order valence-corrected chi connectivity index (χ0v) is 12.1. The van der Waals surface area contributed by atoms with Crippen LogP contribution in [0.2, 0.25) is 0 Å². The molecule has 1 heterocycles. The Morgan fingerprint density at radius 1 is 1.00 bits per heavy atom. The van der Waals surface area contributed by atoms with E-state index in [-0.39, 0.29) is 18.5 Å². The number of carboxylic acids is 1. The molecule has 1 aliphatic carbocycles. The predicted molar refractivity (Wildman–Crippen MR) is 75.6 cm³/mol. The van der Waals surface area contributed by atoms with Gasteiger partial charge in [0, 0.05) is 6.04 Å². The predicted octanol–water partition coefficient (Wildman–Crippen LogP) is -0.386. The Hall–Kier alpha value is -1.63. The van der Waals surface area contributed by atoms with Crippen LogP contribution in [0.1, 0.15) is 38.5 Å². The van der Waals surface area contributed by atoms with Gasteiger partial charge in [-0.1, -0.05) is 12.8 Å². The molecule has 2 aliphatic rings. The number of rotatable bonds is 5. The standard InChI is InChI=1S/C14H23N3O4/c18-12(15-8-13(19)20)7-16-14(21)11-6-5-9-3-1-2-4-10(9)17-11/h9-11,17H,1-8H2,(H,15,18)(H,16,21)(H,19,20). The van der Waals surface area contributed by atoms with Crippen molar-refractivity contribution >= 4 is 17.8 Å². The summed E-state index contributed by atoms with van der Waals surface area (Å²) in [5.41, 5.74) is 0. The number of hydrogen-bond acceptors (Lipinski definition) is 4. The van der Waals surface area contributed by atoms with Gasteiger partial charge in [0.2, 0.25) is 11.8 Å². The molecule has 1 saturated carbocycles. The number of carbonyl (C=O) groups is 3. The van der Waals surface area contributed by atoms with Crippen LogP contribution in [-0.2, 0) is 14.4 Å². The summed E-state index contributed by atoms with van der Waals surface area (Å²) in [7, 11) is 0. The van der Waals surface area contributed by atoms with Crippen molar-refractivity contribution < 1.29 is 19.5 Å². The van der Waals surface area contributed by atoms with E-state index in [1.165, 1.54) is 19.3 Å². The second-order valence-corrected chi connectivity index (χ2v) is 5.84. The van der Waals surface area contributed by atoms with Gasteiger partial charge in [0.15, 0.2) is 0 Å². The lowest BCUT2D eigenvalue weighted by molar-refractivity contribution is -0.137. The molecule has 7 heteroatoms. The van der Waals surface area contributed by atoms with Gasteiger partial charge in [0.25, 0.3) is 0 Å². The van der Waals surface area contributed by atoms with Crippen molar-refractivity contribution in [2.24, 2.45) is 5.92 Å². The Labute approximate surface area is 123 Å². The maximum atomic E-state index is 12.0. The summed E-state index contributed by atoms with van der Waals surface area (Å²) in [6.07, 6.45) is 6.70. The summed E-state index contributed by atoms with van der Waals surface area (Å²) in [5, 5.41) is 16.6. The third kappa shape index (κ3) is 4.70. The van der Waals surface area contributed by atoms with Crippen LogP contribution >= 0.6 is 0 Å². The van der Waals surface area contributed by atoms with Crippen molar-refractivity contribution in [1.82, 2.24) is 16.0 Å². The van der Waals surface area contributed by atoms with E-state index in [9.17, 15) is 14.4 Å². The Morgan fingerprint density at radius 2 is 1.76 bits per heavy atom. The lowest BCUT2D eigenvalue weighted by atomic mass is 9.77. The van der Waals surface area contributed by atoms with E-state index in [2.05, 4.69) is 16.0 Å². The molecule has 2 fully saturated rings. The first kappa shape index (κ1) is 15.8. The van der Waals surface area contributed by atoms with Crippen LogP contribution in [0.15, 0.2) is 0 Å². The van der Waals surface area contributed by atoms with Gasteiger partial charge in [-0.15, -0.1) is 0 Å². The number of amides is 2. The maximum Gasteiger partial charge on any atom is 0.322 e. The molecule has 2 rings (SSSR count). The Morgan fingerprint density at radius 3 is 2.52 bits per heavy atom.